The lowest BCUT2D eigenvalue weighted by Crippen LogP contribution is -2.22. The van der Waals surface area contributed by atoms with Gasteiger partial charge in [0.05, 0.1) is 0 Å². The molecule has 0 unspecified atom stereocenters. The van der Waals surface area contributed by atoms with Gasteiger partial charge in [0.25, 0.3) is 5.91 Å². The summed E-state index contributed by atoms with van der Waals surface area (Å²) in [6.07, 6.45) is 0. The van der Waals surface area contributed by atoms with Gasteiger partial charge in [-0.2, -0.15) is 0 Å². The third-order valence-corrected chi connectivity index (χ3v) is 2.75. The lowest BCUT2D eigenvalue weighted by Gasteiger charge is -2.08. The molecule has 0 aliphatic heterocycles. The Balaban J connectivity index is 2.06. The van der Waals surface area contributed by atoms with Crippen LogP contribution in [0.2, 0.25) is 0 Å². The highest BCUT2D eigenvalue weighted by molar-refractivity contribution is 5.94. The number of rotatable bonds is 3. The summed E-state index contributed by atoms with van der Waals surface area (Å²) < 4.78 is 0. The third kappa shape index (κ3) is 2.92. The molecule has 0 bridgehead atoms. The topological polar surface area (TPSA) is 110 Å². The van der Waals surface area contributed by atoms with Crippen molar-refractivity contribution in [1.29, 1.82) is 0 Å². The summed E-state index contributed by atoms with van der Waals surface area (Å²) in [6.45, 7) is 0.0621. The van der Waals surface area contributed by atoms with Gasteiger partial charge in [-0.15, -0.1) is 0 Å². The van der Waals surface area contributed by atoms with Crippen LogP contribution in [0.3, 0.4) is 0 Å². The molecule has 2 rings (SSSR count). The fourth-order valence-corrected chi connectivity index (χ4v) is 1.64. The van der Waals surface area contributed by atoms with Crippen molar-refractivity contribution >= 4 is 5.91 Å². The predicted octanol–water partition coefficient (Wildman–Crippen LogP) is 1.44. The number of benzene rings is 2. The van der Waals surface area contributed by atoms with Gasteiger partial charge in [-0.05, 0) is 30.3 Å². The largest absolute Gasteiger partial charge is 0.508 e. The molecule has 0 aromatic heterocycles. The summed E-state index contributed by atoms with van der Waals surface area (Å²) in [6, 6.07) is 7.77. The smallest absolute Gasteiger partial charge is 0.251 e. The second kappa shape index (κ2) is 5.40. The maximum atomic E-state index is 11.8. The second-order valence-corrected chi connectivity index (χ2v) is 4.20. The summed E-state index contributed by atoms with van der Waals surface area (Å²) in [5, 5.41) is 39.7. The van der Waals surface area contributed by atoms with E-state index in [4.69, 9.17) is 10.2 Å². The van der Waals surface area contributed by atoms with Gasteiger partial charge >= 0.3 is 0 Å². The first-order valence-corrected chi connectivity index (χ1v) is 5.78. The van der Waals surface area contributed by atoms with E-state index in [1.54, 1.807) is 0 Å². The zero-order valence-corrected chi connectivity index (χ0v) is 10.4. The van der Waals surface area contributed by atoms with Crippen molar-refractivity contribution < 1.29 is 25.2 Å². The van der Waals surface area contributed by atoms with Crippen LogP contribution in [0.25, 0.3) is 0 Å². The minimum absolute atomic E-state index is 0.0621. The molecule has 0 spiro atoms. The molecule has 0 atom stereocenters. The molecular weight excluding hydrogens is 262 g/mol. The van der Waals surface area contributed by atoms with E-state index in [1.807, 2.05) is 0 Å². The van der Waals surface area contributed by atoms with Crippen LogP contribution in [-0.2, 0) is 6.54 Å². The average molecular weight is 275 g/mol. The van der Waals surface area contributed by atoms with E-state index < -0.39 is 5.91 Å². The summed E-state index contributed by atoms with van der Waals surface area (Å²) in [5.41, 5.74) is 0.623. The Kier molecular flexibility index (Phi) is 3.65. The van der Waals surface area contributed by atoms with Crippen molar-refractivity contribution in [3.05, 3.63) is 47.5 Å². The van der Waals surface area contributed by atoms with E-state index in [-0.39, 0.29) is 35.1 Å². The molecule has 0 aliphatic rings. The highest BCUT2D eigenvalue weighted by Crippen LogP contribution is 2.25. The molecule has 0 aliphatic carbocycles. The number of phenolic OH excluding ortho intramolecular Hbond substituents is 4. The Morgan fingerprint density at radius 1 is 0.900 bits per heavy atom. The van der Waals surface area contributed by atoms with Crippen molar-refractivity contribution in [1.82, 2.24) is 5.32 Å². The first-order chi connectivity index (χ1) is 9.47. The first-order valence-electron chi connectivity index (χ1n) is 5.78. The number of nitrogens with one attached hydrogen (secondary N) is 1. The van der Waals surface area contributed by atoms with Gasteiger partial charge in [-0.1, -0.05) is 0 Å². The van der Waals surface area contributed by atoms with Gasteiger partial charge in [-0.25, -0.2) is 0 Å². The van der Waals surface area contributed by atoms with E-state index in [2.05, 4.69) is 5.32 Å². The standard InChI is InChI=1S/C14H13NO5/c16-10-3-1-9(12(18)6-10)7-15-14(20)8-2-4-11(17)13(19)5-8/h1-6,16-19H,7H2,(H,15,20). The molecule has 6 nitrogen and oxygen atoms in total. The highest BCUT2D eigenvalue weighted by atomic mass is 16.3. The maximum Gasteiger partial charge on any atom is 0.251 e. The highest BCUT2D eigenvalue weighted by Gasteiger charge is 2.10. The molecule has 2 aromatic rings. The van der Waals surface area contributed by atoms with Crippen LogP contribution in [-0.4, -0.2) is 26.3 Å². The van der Waals surface area contributed by atoms with Crippen LogP contribution in [0.5, 0.6) is 23.0 Å². The molecule has 0 fully saturated rings. The first kappa shape index (κ1) is 13.5. The van der Waals surface area contributed by atoms with Crippen molar-refractivity contribution in [2.24, 2.45) is 0 Å². The zero-order valence-electron chi connectivity index (χ0n) is 10.4. The van der Waals surface area contributed by atoms with Gasteiger partial charge in [0.2, 0.25) is 0 Å². The predicted molar refractivity (Wildman–Crippen MR) is 70.7 cm³/mol. The summed E-state index contributed by atoms with van der Waals surface area (Å²) >= 11 is 0. The van der Waals surface area contributed by atoms with Crippen LogP contribution >= 0.6 is 0 Å². The number of carbonyl (C=O) groups excluding carboxylic acids is 1. The van der Waals surface area contributed by atoms with E-state index in [9.17, 15) is 15.0 Å². The third-order valence-electron chi connectivity index (χ3n) is 2.75. The Morgan fingerprint density at radius 2 is 1.65 bits per heavy atom. The van der Waals surface area contributed by atoms with Crippen molar-refractivity contribution in [2.45, 2.75) is 6.54 Å². The number of amides is 1. The molecule has 5 N–H and O–H groups in total. The fourth-order valence-electron chi connectivity index (χ4n) is 1.64. The Morgan fingerprint density at radius 3 is 2.30 bits per heavy atom. The van der Waals surface area contributed by atoms with Crippen LogP contribution < -0.4 is 5.32 Å². The molecule has 0 saturated carbocycles. The molecule has 1 amide bonds. The van der Waals surface area contributed by atoms with Crippen molar-refractivity contribution in [3.63, 3.8) is 0 Å². The molecular formula is C14H13NO5. The molecule has 104 valence electrons. The lowest BCUT2D eigenvalue weighted by molar-refractivity contribution is 0.0950. The molecule has 6 heteroatoms. The number of aromatic hydroxyl groups is 4. The molecule has 20 heavy (non-hydrogen) atoms. The Bertz CT molecular complexity index is 654. The minimum Gasteiger partial charge on any atom is -0.508 e. The quantitative estimate of drug-likeness (QED) is 0.544. The van der Waals surface area contributed by atoms with E-state index >= 15 is 0 Å². The SMILES string of the molecule is O=C(NCc1ccc(O)cc1O)c1ccc(O)c(O)c1. The van der Waals surface area contributed by atoms with Crippen LogP contribution in [0.1, 0.15) is 15.9 Å². The normalized spacial score (nSPS) is 10.2. The molecule has 0 saturated heterocycles. The van der Waals surface area contributed by atoms with E-state index in [1.165, 1.54) is 30.3 Å². The monoisotopic (exact) mass is 275 g/mol. The number of phenols is 4. The Hall–Kier alpha value is -2.89. The Labute approximate surface area is 114 Å². The van der Waals surface area contributed by atoms with Gasteiger partial charge in [0.15, 0.2) is 11.5 Å². The summed E-state index contributed by atoms with van der Waals surface area (Å²) in [7, 11) is 0. The number of hydrogen-bond donors (Lipinski definition) is 5. The average Bonchev–Trinajstić information content (AvgIpc) is 2.40. The van der Waals surface area contributed by atoms with E-state index in [0.29, 0.717) is 5.56 Å². The lowest BCUT2D eigenvalue weighted by atomic mass is 10.1. The molecule has 2 aromatic carbocycles. The zero-order chi connectivity index (χ0) is 14.7. The molecule has 0 heterocycles. The second-order valence-electron chi connectivity index (χ2n) is 4.20. The van der Waals surface area contributed by atoms with Crippen LogP contribution in [0.15, 0.2) is 36.4 Å². The summed E-state index contributed by atoms with van der Waals surface area (Å²) in [4.78, 5) is 11.8. The minimum atomic E-state index is -0.465. The van der Waals surface area contributed by atoms with Crippen LogP contribution in [0.4, 0.5) is 0 Å². The van der Waals surface area contributed by atoms with Gasteiger partial charge in [0.1, 0.15) is 11.5 Å². The number of hydrogen-bond acceptors (Lipinski definition) is 5. The summed E-state index contributed by atoms with van der Waals surface area (Å²) in [5.74, 6) is -1.35. The number of carbonyl (C=O) groups is 1. The fraction of sp³-hybridized carbons (Fsp3) is 0.0714. The van der Waals surface area contributed by atoms with Crippen molar-refractivity contribution in [3.8, 4) is 23.0 Å². The maximum absolute atomic E-state index is 11.8. The van der Waals surface area contributed by atoms with Gasteiger partial charge in [0, 0.05) is 23.7 Å². The van der Waals surface area contributed by atoms with E-state index in [0.717, 1.165) is 6.07 Å². The van der Waals surface area contributed by atoms with Gasteiger partial charge < -0.3 is 25.7 Å². The van der Waals surface area contributed by atoms with Crippen molar-refractivity contribution in [2.75, 3.05) is 0 Å². The van der Waals surface area contributed by atoms with Crippen LogP contribution in [0, 0.1) is 0 Å². The molecule has 0 radical (unpaired) electrons. The van der Waals surface area contributed by atoms with Gasteiger partial charge in [-0.3, -0.25) is 4.79 Å².